The van der Waals surface area contributed by atoms with Crippen LogP contribution < -0.4 is 16.8 Å². The van der Waals surface area contributed by atoms with Crippen molar-refractivity contribution in [2.45, 2.75) is 33.6 Å². The third-order valence-corrected chi connectivity index (χ3v) is 2.96. The van der Waals surface area contributed by atoms with Crippen molar-refractivity contribution in [3.63, 3.8) is 0 Å². The van der Waals surface area contributed by atoms with Crippen LogP contribution in [0, 0.1) is 5.41 Å². The highest BCUT2D eigenvalue weighted by Crippen LogP contribution is 2.16. The van der Waals surface area contributed by atoms with E-state index in [2.05, 4.69) is 15.5 Å². The fraction of sp³-hybridized carbons (Fsp3) is 0.583. The zero-order valence-electron chi connectivity index (χ0n) is 11.5. The van der Waals surface area contributed by atoms with Gasteiger partial charge in [0.25, 0.3) is 5.91 Å². The number of rotatable bonds is 6. The molecule has 0 unspecified atom stereocenters. The maximum atomic E-state index is 11.9. The zero-order valence-corrected chi connectivity index (χ0v) is 11.5. The minimum Gasteiger partial charge on any atom is -0.395 e. The number of aromatic amines is 1. The molecule has 19 heavy (non-hydrogen) atoms. The van der Waals surface area contributed by atoms with Crippen molar-refractivity contribution in [3.05, 3.63) is 11.4 Å². The normalized spacial score (nSPS) is 11.3. The van der Waals surface area contributed by atoms with E-state index in [9.17, 15) is 9.59 Å². The highest BCUT2D eigenvalue weighted by Gasteiger charge is 2.26. The minimum absolute atomic E-state index is 0.135. The fourth-order valence-corrected chi connectivity index (χ4v) is 1.47. The van der Waals surface area contributed by atoms with Gasteiger partial charge in [-0.3, -0.25) is 14.7 Å². The van der Waals surface area contributed by atoms with Gasteiger partial charge in [-0.2, -0.15) is 5.10 Å². The van der Waals surface area contributed by atoms with E-state index in [1.165, 1.54) is 0 Å². The van der Waals surface area contributed by atoms with Crippen molar-refractivity contribution in [1.29, 1.82) is 0 Å². The molecule has 0 atom stereocenters. The van der Waals surface area contributed by atoms with E-state index in [0.29, 0.717) is 5.69 Å². The Morgan fingerprint density at radius 2 is 2.05 bits per heavy atom. The van der Waals surface area contributed by atoms with Crippen LogP contribution in [0.4, 0.5) is 5.69 Å². The van der Waals surface area contributed by atoms with Gasteiger partial charge in [0.1, 0.15) is 0 Å². The maximum Gasteiger partial charge on any atom is 0.273 e. The first-order valence-corrected chi connectivity index (χ1v) is 6.20. The molecule has 7 nitrogen and oxygen atoms in total. The van der Waals surface area contributed by atoms with Crippen LogP contribution in [-0.2, 0) is 11.2 Å². The van der Waals surface area contributed by atoms with Crippen molar-refractivity contribution in [2.24, 2.45) is 11.1 Å². The summed E-state index contributed by atoms with van der Waals surface area (Å²) in [6, 6.07) is 0. The van der Waals surface area contributed by atoms with Gasteiger partial charge in [0.2, 0.25) is 5.91 Å². The number of nitrogens with two attached hydrogens (primary N) is 2. The standard InChI is InChI=1S/C12H21N5O2/c1-4-5-7-8(13)9(17-16-7)10(18)15-6-12(2,3)11(14)19/h4-6,13H2,1-3H3,(H2,14,19)(H,15,18)(H,16,17). The molecule has 1 heterocycles. The van der Waals surface area contributed by atoms with Crippen LogP contribution >= 0.6 is 0 Å². The van der Waals surface area contributed by atoms with Crippen molar-refractivity contribution in [1.82, 2.24) is 15.5 Å². The summed E-state index contributed by atoms with van der Waals surface area (Å²) < 4.78 is 0. The van der Waals surface area contributed by atoms with Crippen molar-refractivity contribution in [2.75, 3.05) is 12.3 Å². The molecule has 0 aliphatic heterocycles. The van der Waals surface area contributed by atoms with Gasteiger partial charge >= 0.3 is 0 Å². The highest BCUT2D eigenvalue weighted by atomic mass is 16.2. The second-order valence-corrected chi connectivity index (χ2v) is 5.15. The van der Waals surface area contributed by atoms with Gasteiger partial charge < -0.3 is 16.8 Å². The first-order valence-electron chi connectivity index (χ1n) is 6.20. The molecular weight excluding hydrogens is 246 g/mol. The summed E-state index contributed by atoms with van der Waals surface area (Å²) in [5, 5.41) is 9.26. The Balaban J connectivity index is 2.72. The average molecular weight is 267 g/mol. The molecule has 1 rings (SSSR count). The van der Waals surface area contributed by atoms with Gasteiger partial charge in [0, 0.05) is 6.54 Å². The van der Waals surface area contributed by atoms with Gasteiger partial charge in [0.05, 0.1) is 16.8 Å². The van der Waals surface area contributed by atoms with Gasteiger partial charge in [-0.15, -0.1) is 0 Å². The summed E-state index contributed by atoms with van der Waals surface area (Å²) in [5.41, 5.74) is 11.5. The van der Waals surface area contributed by atoms with Crippen LogP contribution in [0.25, 0.3) is 0 Å². The van der Waals surface area contributed by atoms with Crippen LogP contribution in [0.2, 0.25) is 0 Å². The van der Waals surface area contributed by atoms with Gasteiger partial charge in [-0.25, -0.2) is 0 Å². The molecule has 2 amide bonds. The lowest BCUT2D eigenvalue weighted by Crippen LogP contribution is -2.42. The third kappa shape index (κ3) is 3.46. The number of aryl methyl sites for hydroxylation is 1. The van der Waals surface area contributed by atoms with Gasteiger partial charge in [-0.1, -0.05) is 13.3 Å². The zero-order chi connectivity index (χ0) is 14.6. The fourth-order valence-electron chi connectivity index (χ4n) is 1.47. The van der Waals surface area contributed by atoms with Crippen LogP contribution in [-0.4, -0.2) is 28.6 Å². The molecule has 1 aromatic rings. The number of nitrogen functional groups attached to an aromatic ring is 1. The summed E-state index contributed by atoms with van der Waals surface area (Å²) in [5.74, 6) is -0.889. The Morgan fingerprint density at radius 3 is 2.58 bits per heavy atom. The lowest BCUT2D eigenvalue weighted by Gasteiger charge is -2.20. The molecule has 0 saturated heterocycles. The predicted octanol–water partition coefficient (Wildman–Crippen LogP) is 0.186. The monoisotopic (exact) mass is 267 g/mol. The van der Waals surface area contributed by atoms with Crippen LogP contribution in [0.5, 0.6) is 0 Å². The van der Waals surface area contributed by atoms with E-state index in [0.717, 1.165) is 18.5 Å². The molecule has 0 aromatic carbocycles. The van der Waals surface area contributed by atoms with E-state index >= 15 is 0 Å². The Kier molecular flexibility index (Phi) is 4.52. The largest absolute Gasteiger partial charge is 0.395 e. The Hall–Kier alpha value is -2.05. The maximum absolute atomic E-state index is 11.9. The number of carbonyl (C=O) groups is 2. The van der Waals surface area contributed by atoms with E-state index in [-0.39, 0.29) is 12.2 Å². The molecule has 0 bridgehead atoms. The summed E-state index contributed by atoms with van der Waals surface area (Å²) >= 11 is 0. The van der Waals surface area contributed by atoms with Crippen molar-refractivity contribution < 1.29 is 9.59 Å². The molecular formula is C12H21N5O2. The molecule has 0 fully saturated rings. The number of hydrogen-bond acceptors (Lipinski definition) is 4. The Labute approximate surface area is 112 Å². The summed E-state index contributed by atoms with van der Waals surface area (Å²) in [4.78, 5) is 23.1. The molecule has 0 radical (unpaired) electrons. The van der Waals surface area contributed by atoms with E-state index in [1.807, 2.05) is 6.92 Å². The van der Waals surface area contributed by atoms with E-state index < -0.39 is 17.2 Å². The molecule has 6 N–H and O–H groups in total. The second kappa shape index (κ2) is 5.73. The first kappa shape index (κ1) is 15.0. The number of aromatic nitrogens is 2. The minimum atomic E-state index is -0.813. The summed E-state index contributed by atoms with van der Waals surface area (Å²) in [7, 11) is 0. The molecule has 1 aromatic heterocycles. The molecule has 106 valence electrons. The topological polar surface area (TPSA) is 127 Å². The lowest BCUT2D eigenvalue weighted by molar-refractivity contribution is -0.125. The number of carbonyl (C=O) groups excluding carboxylic acids is 2. The number of H-pyrrole nitrogens is 1. The molecule has 0 aliphatic rings. The Bertz CT molecular complexity index is 478. The quantitative estimate of drug-likeness (QED) is 0.586. The van der Waals surface area contributed by atoms with Gasteiger partial charge in [0.15, 0.2) is 5.69 Å². The third-order valence-electron chi connectivity index (χ3n) is 2.96. The molecule has 0 spiro atoms. The number of amides is 2. The van der Waals surface area contributed by atoms with Crippen LogP contribution in [0.1, 0.15) is 43.4 Å². The number of anilines is 1. The SMILES string of the molecule is CCCc1[nH]nc(C(=O)NCC(C)(C)C(N)=O)c1N. The predicted molar refractivity (Wildman–Crippen MR) is 72.3 cm³/mol. The van der Waals surface area contributed by atoms with Crippen LogP contribution in [0.3, 0.4) is 0 Å². The second-order valence-electron chi connectivity index (χ2n) is 5.15. The molecule has 0 aliphatic carbocycles. The number of primary amides is 1. The van der Waals surface area contributed by atoms with Crippen molar-refractivity contribution >= 4 is 17.5 Å². The number of nitrogens with one attached hydrogen (secondary N) is 2. The van der Waals surface area contributed by atoms with E-state index in [4.69, 9.17) is 11.5 Å². The molecule has 0 saturated carbocycles. The number of nitrogens with zero attached hydrogens (tertiary/aromatic N) is 1. The van der Waals surface area contributed by atoms with Crippen molar-refractivity contribution in [3.8, 4) is 0 Å². The average Bonchev–Trinajstić information content (AvgIpc) is 2.69. The Morgan fingerprint density at radius 1 is 1.42 bits per heavy atom. The lowest BCUT2D eigenvalue weighted by atomic mass is 9.93. The number of hydrogen-bond donors (Lipinski definition) is 4. The van der Waals surface area contributed by atoms with E-state index in [1.54, 1.807) is 13.8 Å². The molecule has 7 heteroatoms. The van der Waals surface area contributed by atoms with Gasteiger partial charge in [-0.05, 0) is 20.3 Å². The summed E-state index contributed by atoms with van der Waals surface area (Å²) in [6.07, 6.45) is 1.64. The highest BCUT2D eigenvalue weighted by molar-refractivity contribution is 5.98. The smallest absolute Gasteiger partial charge is 0.273 e. The van der Waals surface area contributed by atoms with Crippen LogP contribution in [0.15, 0.2) is 0 Å². The first-order chi connectivity index (χ1) is 8.79. The summed E-state index contributed by atoms with van der Waals surface area (Å²) in [6.45, 7) is 5.46.